The summed E-state index contributed by atoms with van der Waals surface area (Å²) in [5.74, 6) is 0.319. The van der Waals surface area contributed by atoms with Crippen molar-refractivity contribution >= 4 is 5.91 Å². The fourth-order valence-electron chi connectivity index (χ4n) is 3.27. The SMILES string of the molecule is COCCN1CCN([C@H](C)C(=O)N2CCCC2)C[C@@H]1C. The monoisotopic (exact) mass is 283 g/mol. The number of methoxy groups -OCH3 is 1. The van der Waals surface area contributed by atoms with Crippen LogP contribution in [0.25, 0.3) is 0 Å². The number of hydrogen-bond donors (Lipinski definition) is 0. The first-order chi connectivity index (χ1) is 9.63. The first-order valence-electron chi connectivity index (χ1n) is 7.89. The van der Waals surface area contributed by atoms with Crippen LogP contribution in [-0.2, 0) is 9.53 Å². The highest BCUT2D eigenvalue weighted by molar-refractivity contribution is 5.81. The standard InChI is InChI=1S/C15H29N3O2/c1-13-12-18(9-8-16(13)10-11-20-3)14(2)15(19)17-6-4-5-7-17/h13-14H,4-12H2,1-3H3/t13-,14+/m0/s1. The van der Waals surface area contributed by atoms with Crippen LogP contribution in [0.15, 0.2) is 0 Å². The van der Waals surface area contributed by atoms with Crippen LogP contribution in [0.1, 0.15) is 26.7 Å². The molecule has 0 N–H and O–H groups in total. The molecule has 0 spiro atoms. The second-order valence-electron chi connectivity index (χ2n) is 6.08. The van der Waals surface area contributed by atoms with Crippen LogP contribution in [0.2, 0.25) is 0 Å². The first-order valence-corrected chi connectivity index (χ1v) is 7.89. The topological polar surface area (TPSA) is 36.0 Å². The van der Waals surface area contributed by atoms with Crippen molar-refractivity contribution in [2.75, 3.05) is 53.0 Å². The minimum atomic E-state index is 0.0279. The van der Waals surface area contributed by atoms with Crippen molar-refractivity contribution in [3.63, 3.8) is 0 Å². The van der Waals surface area contributed by atoms with Crippen molar-refractivity contribution in [2.45, 2.75) is 38.8 Å². The van der Waals surface area contributed by atoms with E-state index in [2.05, 4.69) is 23.6 Å². The van der Waals surface area contributed by atoms with Crippen molar-refractivity contribution in [1.29, 1.82) is 0 Å². The summed E-state index contributed by atoms with van der Waals surface area (Å²) in [6.07, 6.45) is 2.33. The van der Waals surface area contributed by atoms with Crippen molar-refractivity contribution in [3.8, 4) is 0 Å². The summed E-state index contributed by atoms with van der Waals surface area (Å²) in [4.78, 5) is 19.3. The molecule has 2 fully saturated rings. The van der Waals surface area contributed by atoms with Crippen LogP contribution in [-0.4, -0.2) is 85.7 Å². The summed E-state index contributed by atoms with van der Waals surface area (Å²) in [7, 11) is 1.75. The van der Waals surface area contributed by atoms with Gasteiger partial charge in [-0.25, -0.2) is 0 Å². The number of likely N-dealkylation sites (tertiary alicyclic amines) is 1. The highest BCUT2D eigenvalue weighted by atomic mass is 16.5. The highest BCUT2D eigenvalue weighted by Crippen LogP contribution is 2.16. The van der Waals surface area contributed by atoms with Crippen LogP contribution in [0.3, 0.4) is 0 Å². The van der Waals surface area contributed by atoms with E-state index < -0.39 is 0 Å². The summed E-state index contributed by atoms with van der Waals surface area (Å²) in [6.45, 7) is 11.0. The Morgan fingerprint density at radius 1 is 1.25 bits per heavy atom. The third kappa shape index (κ3) is 3.71. The van der Waals surface area contributed by atoms with Crippen LogP contribution in [0.5, 0.6) is 0 Å². The second-order valence-corrected chi connectivity index (χ2v) is 6.08. The molecule has 2 atom stereocenters. The number of hydrogen-bond acceptors (Lipinski definition) is 4. The third-order valence-corrected chi connectivity index (χ3v) is 4.70. The summed E-state index contributed by atoms with van der Waals surface area (Å²) in [5, 5.41) is 0. The highest BCUT2D eigenvalue weighted by Gasteiger charge is 2.32. The number of nitrogens with zero attached hydrogens (tertiary/aromatic N) is 3. The Kier molecular flexibility index (Phi) is 5.81. The van der Waals surface area contributed by atoms with E-state index in [1.165, 1.54) is 12.8 Å². The Morgan fingerprint density at radius 3 is 2.55 bits per heavy atom. The van der Waals surface area contributed by atoms with E-state index in [4.69, 9.17) is 4.74 Å². The van der Waals surface area contributed by atoms with Crippen molar-refractivity contribution in [1.82, 2.24) is 14.7 Å². The van der Waals surface area contributed by atoms with Gasteiger partial charge in [0.2, 0.25) is 5.91 Å². The van der Waals surface area contributed by atoms with Gasteiger partial charge in [0, 0.05) is 52.4 Å². The molecule has 0 bridgehead atoms. The molecule has 0 aliphatic carbocycles. The number of amides is 1. The number of carbonyl (C=O) groups excluding carboxylic acids is 1. The Labute approximate surface area is 122 Å². The molecule has 2 heterocycles. The number of rotatable bonds is 5. The minimum Gasteiger partial charge on any atom is -0.383 e. The molecule has 0 saturated carbocycles. The molecule has 5 nitrogen and oxygen atoms in total. The zero-order valence-electron chi connectivity index (χ0n) is 13.2. The molecule has 2 aliphatic heterocycles. The zero-order chi connectivity index (χ0) is 14.5. The summed E-state index contributed by atoms with van der Waals surface area (Å²) in [6, 6.07) is 0.521. The van der Waals surface area contributed by atoms with E-state index in [1.807, 2.05) is 4.90 Å². The van der Waals surface area contributed by atoms with Gasteiger partial charge in [-0.05, 0) is 26.7 Å². The average molecular weight is 283 g/mol. The lowest BCUT2D eigenvalue weighted by molar-refractivity contribution is -0.136. The van der Waals surface area contributed by atoms with Crippen LogP contribution in [0.4, 0.5) is 0 Å². The molecule has 0 aromatic rings. The summed E-state index contributed by atoms with van der Waals surface area (Å²) in [5.41, 5.74) is 0. The molecule has 0 unspecified atom stereocenters. The average Bonchev–Trinajstić information content (AvgIpc) is 2.98. The molecule has 20 heavy (non-hydrogen) atoms. The smallest absolute Gasteiger partial charge is 0.239 e. The summed E-state index contributed by atoms with van der Waals surface area (Å²) < 4.78 is 5.16. The normalized spacial score (nSPS) is 26.9. The largest absolute Gasteiger partial charge is 0.383 e. The van der Waals surface area contributed by atoms with Crippen LogP contribution >= 0.6 is 0 Å². The first kappa shape index (κ1) is 15.7. The molecule has 0 aromatic carbocycles. The number of piperazine rings is 1. The van der Waals surface area contributed by atoms with E-state index in [-0.39, 0.29) is 6.04 Å². The van der Waals surface area contributed by atoms with Crippen molar-refractivity contribution in [2.24, 2.45) is 0 Å². The van der Waals surface area contributed by atoms with Gasteiger partial charge < -0.3 is 9.64 Å². The van der Waals surface area contributed by atoms with Gasteiger partial charge in [0.1, 0.15) is 0 Å². The lowest BCUT2D eigenvalue weighted by atomic mass is 10.1. The molecular formula is C15H29N3O2. The molecule has 1 amide bonds. The van der Waals surface area contributed by atoms with Crippen LogP contribution < -0.4 is 0 Å². The Morgan fingerprint density at radius 2 is 1.95 bits per heavy atom. The second kappa shape index (κ2) is 7.38. The lowest BCUT2D eigenvalue weighted by Gasteiger charge is -2.42. The van der Waals surface area contributed by atoms with Crippen molar-refractivity contribution < 1.29 is 9.53 Å². The fraction of sp³-hybridized carbons (Fsp3) is 0.933. The zero-order valence-corrected chi connectivity index (χ0v) is 13.2. The van der Waals surface area contributed by atoms with Gasteiger partial charge in [0.25, 0.3) is 0 Å². The Hall–Kier alpha value is -0.650. The molecule has 2 rings (SSSR count). The minimum absolute atomic E-state index is 0.0279. The van der Waals surface area contributed by atoms with Gasteiger partial charge in [0.05, 0.1) is 12.6 Å². The molecule has 116 valence electrons. The number of carbonyl (C=O) groups is 1. The van der Waals surface area contributed by atoms with Gasteiger partial charge in [0.15, 0.2) is 0 Å². The molecule has 0 radical (unpaired) electrons. The maximum Gasteiger partial charge on any atom is 0.239 e. The van der Waals surface area contributed by atoms with Gasteiger partial charge >= 0.3 is 0 Å². The Bertz CT molecular complexity index is 318. The molecule has 0 aromatic heterocycles. The predicted octanol–water partition coefficient (Wildman–Crippen LogP) is 0.650. The van der Waals surface area contributed by atoms with Crippen LogP contribution in [0, 0.1) is 0 Å². The maximum absolute atomic E-state index is 12.5. The van der Waals surface area contributed by atoms with E-state index >= 15 is 0 Å². The van der Waals surface area contributed by atoms with Gasteiger partial charge in [-0.1, -0.05) is 0 Å². The van der Waals surface area contributed by atoms with Gasteiger partial charge in [-0.3, -0.25) is 14.6 Å². The molecule has 5 heteroatoms. The van der Waals surface area contributed by atoms with E-state index in [0.717, 1.165) is 45.9 Å². The predicted molar refractivity (Wildman–Crippen MR) is 79.8 cm³/mol. The quantitative estimate of drug-likeness (QED) is 0.742. The molecule has 2 saturated heterocycles. The molecule has 2 aliphatic rings. The molecular weight excluding hydrogens is 254 g/mol. The van der Waals surface area contributed by atoms with E-state index in [0.29, 0.717) is 11.9 Å². The van der Waals surface area contributed by atoms with Gasteiger partial charge in [-0.2, -0.15) is 0 Å². The van der Waals surface area contributed by atoms with Crippen molar-refractivity contribution in [3.05, 3.63) is 0 Å². The maximum atomic E-state index is 12.5. The Balaban J connectivity index is 1.83. The number of ether oxygens (including phenoxy) is 1. The van der Waals surface area contributed by atoms with Gasteiger partial charge in [-0.15, -0.1) is 0 Å². The van der Waals surface area contributed by atoms with E-state index in [1.54, 1.807) is 7.11 Å². The van der Waals surface area contributed by atoms with E-state index in [9.17, 15) is 4.79 Å². The summed E-state index contributed by atoms with van der Waals surface area (Å²) >= 11 is 0. The third-order valence-electron chi connectivity index (χ3n) is 4.70. The fourth-order valence-corrected chi connectivity index (χ4v) is 3.27. The lowest BCUT2D eigenvalue weighted by Crippen LogP contribution is -2.57.